The van der Waals surface area contributed by atoms with Crippen molar-refractivity contribution >= 4 is 174 Å². The minimum absolute atomic E-state index is 0.113. The SMILES string of the molecule is [B]c1c([B])c([B])c(-c2c3ccccc3c(-c3ccc4sc(-c5cccc6ccccc56)cc4c3)c3c([B])c([B])c([B])c([B])c23)c([B])c1[B]. The van der Waals surface area contributed by atoms with Crippen LogP contribution in [0.5, 0.6) is 0 Å². The van der Waals surface area contributed by atoms with E-state index in [1.54, 1.807) is 11.3 Å². The predicted octanol–water partition coefficient (Wildman–Crippen LogP) is 0.506. The third-order valence-corrected chi connectivity index (χ3v) is 10.6. The molecule has 0 fully saturated rings. The molecule has 0 spiro atoms. The molecule has 8 aromatic rings. The summed E-state index contributed by atoms with van der Waals surface area (Å²) in [5.41, 5.74) is 5.51. The molecule has 0 unspecified atom stereocenters. The largest absolute Gasteiger partial charge is 0.135 e. The molecule has 1 aromatic heterocycles. The Morgan fingerprint density at radius 3 is 1.56 bits per heavy atom. The van der Waals surface area contributed by atoms with Gasteiger partial charge in [-0.2, -0.15) is 0 Å². The zero-order valence-electron chi connectivity index (χ0n) is 25.8. The number of hydrogen-bond acceptors (Lipinski definition) is 1. The van der Waals surface area contributed by atoms with Crippen molar-refractivity contribution in [3.05, 3.63) is 91.0 Å². The first-order valence-electron chi connectivity index (χ1n) is 15.2. The van der Waals surface area contributed by atoms with Gasteiger partial charge in [-0.25, -0.2) is 0 Å². The number of fused-ring (bicyclic) bond motifs is 4. The van der Waals surface area contributed by atoms with Crippen molar-refractivity contribution in [2.75, 3.05) is 0 Å². The van der Waals surface area contributed by atoms with Gasteiger partial charge in [-0.15, -0.1) is 38.7 Å². The van der Waals surface area contributed by atoms with Crippen molar-refractivity contribution < 1.29 is 0 Å². The summed E-state index contributed by atoms with van der Waals surface area (Å²) in [4.78, 5) is 1.18. The van der Waals surface area contributed by atoms with E-state index >= 15 is 0 Å². The molecule has 18 radical (unpaired) electrons. The molecule has 8 rings (SSSR count). The predicted molar refractivity (Wildman–Crippen MR) is 219 cm³/mol. The molecule has 0 aliphatic heterocycles. The molecule has 7 aromatic carbocycles. The summed E-state index contributed by atoms with van der Waals surface area (Å²) in [7, 11) is 59.0. The van der Waals surface area contributed by atoms with Crippen LogP contribution in [-0.4, -0.2) is 70.6 Å². The summed E-state index contributed by atoms with van der Waals surface area (Å²) in [5, 5.41) is 6.30. The van der Waals surface area contributed by atoms with Crippen LogP contribution < -0.4 is 49.2 Å². The van der Waals surface area contributed by atoms with Gasteiger partial charge in [0.05, 0.1) is 0 Å². The molecule has 0 amide bonds. The van der Waals surface area contributed by atoms with Crippen LogP contribution in [-0.2, 0) is 0 Å². The maximum Gasteiger partial charge on any atom is 0.113 e. The summed E-state index contributed by atoms with van der Waals surface area (Å²) in [6, 6.07) is 31.3. The van der Waals surface area contributed by atoms with Crippen LogP contribution >= 0.6 is 11.3 Å². The van der Waals surface area contributed by atoms with E-state index in [0.717, 1.165) is 32.0 Å². The minimum Gasteiger partial charge on any atom is -0.135 e. The standard InChI is InChI=1S/C38H15B9S/c39-30-27-25(17-12-13-23-18(14-17)15-24(48-23)20-11-5-7-16-6-1-2-8-19(16)20)21-9-3-4-10-22(21)26(28(27)31(40)35(44)34(30)43)29-32(41)36(45)38(47)37(46)33(29)42/h1-15H. The Balaban J connectivity index is 1.49. The Morgan fingerprint density at radius 2 is 0.896 bits per heavy atom. The molecule has 0 N–H and O–H groups in total. The van der Waals surface area contributed by atoms with E-state index in [0.29, 0.717) is 21.9 Å². The molecular weight excluding hydrogens is 586 g/mol. The lowest BCUT2D eigenvalue weighted by Gasteiger charge is -2.28. The highest BCUT2D eigenvalue weighted by molar-refractivity contribution is 7.22. The molecule has 0 saturated carbocycles. The molecule has 0 aliphatic rings. The lowest BCUT2D eigenvalue weighted by atomic mass is 9.58. The highest BCUT2D eigenvalue weighted by Crippen LogP contribution is 2.43. The summed E-state index contributed by atoms with van der Waals surface area (Å²) in [6.45, 7) is 0. The molecule has 200 valence electrons. The fraction of sp³-hybridized carbons (Fsp3) is 0. The Labute approximate surface area is 295 Å². The van der Waals surface area contributed by atoms with Gasteiger partial charge in [0.25, 0.3) is 0 Å². The van der Waals surface area contributed by atoms with Crippen LogP contribution in [0.15, 0.2) is 91.0 Å². The van der Waals surface area contributed by atoms with Crippen LogP contribution in [0, 0.1) is 0 Å². The Kier molecular flexibility index (Phi) is 7.46. The van der Waals surface area contributed by atoms with Gasteiger partial charge in [0, 0.05) is 9.58 Å². The van der Waals surface area contributed by atoms with Crippen LogP contribution in [0.2, 0.25) is 0 Å². The minimum atomic E-state index is 0.113. The van der Waals surface area contributed by atoms with Gasteiger partial charge in [0.15, 0.2) is 0 Å². The van der Waals surface area contributed by atoms with E-state index in [1.165, 1.54) is 21.2 Å². The molecule has 10 heteroatoms. The summed E-state index contributed by atoms with van der Waals surface area (Å²) < 4.78 is 1.15. The lowest BCUT2D eigenvalue weighted by molar-refractivity contribution is 1.73. The van der Waals surface area contributed by atoms with Gasteiger partial charge in [-0.05, 0) is 83.7 Å². The summed E-state index contributed by atoms with van der Waals surface area (Å²) >= 11 is 1.75. The number of benzene rings is 7. The van der Waals surface area contributed by atoms with Crippen molar-refractivity contribution in [3.63, 3.8) is 0 Å². The van der Waals surface area contributed by atoms with E-state index in [4.69, 9.17) is 70.6 Å². The lowest BCUT2D eigenvalue weighted by Crippen LogP contribution is -2.55. The third kappa shape index (κ3) is 4.48. The maximum atomic E-state index is 6.88. The summed E-state index contributed by atoms with van der Waals surface area (Å²) in [5.74, 6) is 0. The first-order valence-corrected chi connectivity index (χ1v) is 16.0. The van der Waals surface area contributed by atoms with Gasteiger partial charge >= 0.3 is 0 Å². The molecular formula is C38H15B9S. The average molecular weight is 601 g/mol. The highest BCUT2D eigenvalue weighted by atomic mass is 32.1. The van der Waals surface area contributed by atoms with Crippen molar-refractivity contribution in [2.24, 2.45) is 0 Å². The van der Waals surface area contributed by atoms with Crippen LogP contribution in [0.25, 0.3) is 75.1 Å². The first-order chi connectivity index (χ1) is 23.1. The molecule has 0 nitrogen and oxygen atoms in total. The topological polar surface area (TPSA) is 0 Å². The van der Waals surface area contributed by atoms with Gasteiger partial charge in [0.2, 0.25) is 0 Å². The van der Waals surface area contributed by atoms with Crippen molar-refractivity contribution in [1.82, 2.24) is 0 Å². The van der Waals surface area contributed by atoms with Crippen LogP contribution in [0.3, 0.4) is 0 Å². The quantitative estimate of drug-likeness (QED) is 0.205. The fourth-order valence-corrected chi connectivity index (χ4v) is 8.07. The second-order valence-electron chi connectivity index (χ2n) is 12.0. The second kappa shape index (κ2) is 11.5. The van der Waals surface area contributed by atoms with Crippen molar-refractivity contribution in [1.29, 1.82) is 0 Å². The monoisotopic (exact) mass is 602 g/mol. The van der Waals surface area contributed by atoms with Gasteiger partial charge in [-0.3, -0.25) is 0 Å². The maximum absolute atomic E-state index is 6.88. The van der Waals surface area contributed by atoms with E-state index in [2.05, 4.69) is 66.7 Å². The smallest absolute Gasteiger partial charge is 0.113 e. The zero-order valence-corrected chi connectivity index (χ0v) is 26.6. The first kappa shape index (κ1) is 31.2. The highest BCUT2D eigenvalue weighted by Gasteiger charge is 2.24. The van der Waals surface area contributed by atoms with E-state index in [9.17, 15) is 0 Å². The van der Waals surface area contributed by atoms with Gasteiger partial charge in [0.1, 0.15) is 70.6 Å². The van der Waals surface area contributed by atoms with Crippen LogP contribution in [0.1, 0.15) is 0 Å². The average Bonchev–Trinajstić information content (AvgIpc) is 3.54. The Bertz CT molecular complexity index is 2640. The molecule has 0 saturated heterocycles. The molecule has 0 bridgehead atoms. The van der Waals surface area contributed by atoms with Gasteiger partial charge < -0.3 is 0 Å². The van der Waals surface area contributed by atoms with Crippen LogP contribution in [0.4, 0.5) is 0 Å². The zero-order chi connectivity index (χ0) is 33.6. The molecule has 1 heterocycles. The molecule has 0 aliphatic carbocycles. The van der Waals surface area contributed by atoms with Crippen molar-refractivity contribution in [2.45, 2.75) is 0 Å². The third-order valence-electron chi connectivity index (χ3n) is 9.43. The number of hydrogen-bond donors (Lipinski definition) is 0. The fourth-order valence-electron chi connectivity index (χ4n) is 6.99. The Hall–Kier alpha value is -4.14. The van der Waals surface area contributed by atoms with E-state index in [1.807, 2.05) is 24.3 Å². The molecule has 48 heavy (non-hydrogen) atoms. The number of rotatable bonds is 3. The normalized spacial score (nSPS) is 11.7. The molecule has 0 atom stereocenters. The Morgan fingerprint density at radius 1 is 0.375 bits per heavy atom. The van der Waals surface area contributed by atoms with Gasteiger partial charge in [-0.1, -0.05) is 94.6 Å². The van der Waals surface area contributed by atoms with E-state index < -0.39 is 0 Å². The summed E-state index contributed by atoms with van der Waals surface area (Å²) in [6.07, 6.45) is 0. The number of thiophene rings is 1. The van der Waals surface area contributed by atoms with Crippen molar-refractivity contribution in [3.8, 4) is 32.7 Å². The second-order valence-corrected chi connectivity index (χ2v) is 13.1. The van der Waals surface area contributed by atoms with E-state index in [-0.39, 0.29) is 49.2 Å².